The first kappa shape index (κ1) is 8.33. The first-order valence-electron chi connectivity index (χ1n) is 4.75. The molecule has 0 aliphatic heterocycles. The van der Waals surface area contributed by atoms with Crippen molar-refractivity contribution in [1.82, 2.24) is 4.98 Å². The van der Waals surface area contributed by atoms with Gasteiger partial charge in [0.2, 0.25) is 0 Å². The van der Waals surface area contributed by atoms with Gasteiger partial charge in [0.25, 0.3) is 0 Å². The van der Waals surface area contributed by atoms with Gasteiger partial charge in [0.15, 0.2) is 0 Å². The Labute approximate surface area is 87.1 Å². The summed E-state index contributed by atoms with van der Waals surface area (Å²) in [6.45, 7) is 0. The number of nitrogens with two attached hydrogens (primary N) is 1. The Morgan fingerprint density at radius 2 is 2.14 bits per heavy atom. The minimum absolute atomic E-state index is 0.0746. The average molecular weight is 207 g/mol. The van der Waals surface area contributed by atoms with Gasteiger partial charge in [0.1, 0.15) is 0 Å². The predicted octanol–water partition coefficient (Wildman–Crippen LogP) is 2.77. The monoisotopic (exact) mass is 206 g/mol. The number of rotatable bonds is 1. The zero-order valence-corrected chi connectivity index (χ0v) is 8.43. The maximum absolute atomic E-state index is 6.12. The summed E-state index contributed by atoms with van der Waals surface area (Å²) in [6, 6.07) is 6.23. The van der Waals surface area contributed by atoms with Crippen molar-refractivity contribution in [3.05, 3.63) is 35.0 Å². The Morgan fingerprint density at radius 1 is 1.36 bits per heavy atom. The van der Waals surface area contributed by atoms with Gasteiger partial charge in [-0.25, -0.2) is 0 Å². The van der Waals surface area contributed by atoms with Gasteiger partial charge >= 0.3 is 0 Å². The van der Waals surface area contributed by atoms with Crippen molar-refractivity contribution < 1.29 is 0 Å². The van der Waals surface area contributed by atoms with E-state index >= 15 is 0 Å². The second kappa shape index (κ2) is 2.53. The molecular weight excluding hydrogens is 196 g/mol. The van der Waals surface area contributed by atoms with E-state index in [1.807, 2.05) is 12.3 Å². The molecule has 3 heteroatoms. The van der Waals surface area contributed by atoms with Crippen LogP contribution in [0.25, 0.3) is 10.9 Å². The molecule has 3 N–H and O–H groups in total. The third-order valence-corrected chi connectivity index (χ3v) is 3.31. The van der Waals surface area contributed by atoms with Gasteiger partial charge in [-0.3, -0.25) is 0 Å². The highest BCUT2D eigenvalue weighted by Crippen LogP contribution is 2.43. The molecule has 14 heavy (non-hydrogen) atoms. The van der Waals surface area contributed by atoms with Crippen molar-refractivity contribution >= 4 is 22.5 Å². The van der Waals surface area contributed by atoms with Gasteiger partial charge in [-0.05, 0) is 30.5 Å². The lowest BCUT2D eigenvalue weighted by atomic mass is 10.0. The molecule has 1 aliphatic carbocycles. The minimum Gasteiger partial charge on any atom is -0.360 e. The summed E-state index contributed by atoms with van der Waals surface area (Å²) in [5, 5.41) is 1.84. The van der Waals surface area contributed by atoms with E-state index in [0.717, 1.165) is 28.8 Å². The van der Waals surface area contributed by atoms with Gasteiger partial charge in [0, 0.05) is 22.6 Å². The highest BCUT2D eigenvalue weighted by atomic mass is 35.5. The van der Waals surface area contributed by atoms with Crippen molar-refractivity contribution in [1.29, 1.82) is 0 Å². The van der Waals surface area contributed by atoms with Crippen LogP contribution in [0.2, 0.25) is 5.02 Å². The molecule has 2 nitrogen and oxygen atoms in total. The van der Waals surface area contributed by atoms with Crippen LogP contribution < -0.4 is 5.73 Å². The Hall–Kier alpha value is -0.990. The largest absolute Gasteiger partial charge is 0.360 e. The highest BCUT2D eigenvalue weighted by Gasteiger charge is 2.39. The molecular formula is C11H11ClN2. The number of H-pyrrole nitrogens is 1. The van der Waals surface area contributed by atoms with Gasteiger partial charge in [0.05, 0.1) is 5.02 Å². The Kier molecular flexibility index (Phi) is 1.50. The SMILES string of the molecule is NC1(c2ccc3[nH]cc(Cl)c3c2)CC1. The number of aromatic nitrogens is 1. The lowest BCUT2D eigenvalue weighted by molar-refractivity contribution is 0.741. The Morgan fingerprint density at radius 3 is 2.86 bits per heavy atom. The number of halogens is 1. The van der Waals surface area contributed by atoms with Crippen LogP contribution in [0, 0.1) is 0 Å². The van der Waals surface area contributed by atoms with E-state index in [-0.39, 0.29) is 5.54 Å². The Bertz CT molecular complexity index is 497. The van der Waals surface area contributed by atoms with Crippen molar-refractivity contribution in [3.8, 4) is 0 Å². The molecule has 0 spiro atoms. The van der Waals surface area contributed by atoms with Crippen LogP contribution in [0.3, 0.4) is 0 Å². The minimum atomic E-state index is -0.0746. The fourth-order valence-electron chi connectivity index (χ4n) is 1.82. The van der Waals surface area contributed by atoms with E-state index in [2.05, 4.69) is 17.1 Å². The van der Waals surface area contributed by atoms with Crippen LogP contribution in [-0.2, 0) is 5.54 Å². The van der Waals surface area contributed by atoms with E-state index in [0.29, 0.717) is 0 Å². The van der Waals surface area contributed by atoms with Crippen LogP contribution in [0.5, 0.6) is 0 Å². The lowest BCUT2D eigenvalue weighted by Gasteiger charge is -2.08. The fourth-order valence-corrected chi connectivity index (χ4v) is 2.03. The van der Waals surface area contributed by atoms with Crippen molar-refractivity contribution in [2.45, 2.75) is 18.4 Å². The third-order valence-electron chi connectivity index (χ3n) is 2.99. The molecule has 1 saturated carbocycles. The summed E-state index contributed by atoms with van der Waals surface area (Å²) in [6.07, 6.45) is 3.98. The smallest absolute Gasteiger partial charge is 0.0659 e. The van der Waals surface area contributed by atoms with Crippen LogP contribution in [0.15, 0.2) is 24.4 Å². The van der Waals surface area contributed by atoms with Crippen molar-refractivity contribution in [3.63, 3.8) is 0 Å². The summed E-state index contributed by atoms with van der Waals surface area (Å²) < 4.78 is 0. The quantitative estimate of drug-likeness (QED) is 0.740. The van der Waals surface area contributed by atoms with Gasteiger partial charge in [-0.1, -0.05) is 17.7 Å². The molecule has 1 fully saturated rings. The topological polar surface area (TPSA) is 41.8 Å². The van der Waals surface area contributed by atoms with E-state index in [1.54, 1.807) is 0 Å². The summed E-state index contributed by atoms with van der Waals surface area (Å²) in [5.41, 5.74) is 8.32. The molecule has 0 unspecified atom stereocenters. The van der Waals surface area contributed by atoms with Gasteiger partial charge in [-0.2, -0.15) is 0 Å². The second-order valence-electron chi connectivity index (χ2n) is 4.05. The van der Waals surface area contributed by atoms with Crippen LogP contribution in [0.1, 0.15) is 18.4 Å². The summed E-state index contributed by atoms with van der Waals surface area (Å²) in [4.78, 5) is 3.11. The zero-order chi connectivity index (χ0) is 9.76. The molecule has 1 heterocycles. The molecule has 2 aromatic rings. The average Bonchev–Trinajstić information content (AvgIpc) is 2.84. The Balaban J connectivity index is 2.23. The van der Waals surface area contributed by atoms with Crippen molar-refractivity contribution in [2.24, 2.45) is 5.73 Å². The summed E-state index contributed by atoms with van der Waals surface area (Å²) >= 11 is 6.04. The fraction of sp³-hybridized carbons (Fsp3) is 0.273. The van der Waals surface area contributed by atoms with Gasteiger partial charge < -0.3 is 10.7 Å². The third kappa shape index (κ3) is 1.08. The number of benzene rings is 1. The van der Waals surface area contributed by atoms with Gasteiger partial charge in [-0.15, -0.1) is 0 Å². The maximum Gasteiger partial charge on any atom is 0.0659 e. The lowest BCUT2D eigenvalue weighted by Crippen LogP contribution is -2.18. The predicted molar refractivity (Wildman–Crippen MR) is 58.4 cm³/mol. The normalized spacial score (nSPS) is 18.7. The number of fused-ring (bicyclic) bond motifs is 1. The van der Waals surface area contributed by atoms with Crippen LogP contribution in [-0.4, -0.2) is 4.98 Å². The molecule has 0 amide bonds. The molecule has 72 valence electrons. The number of nitrogens with one attached hydrogen (secondary N) is 1. The van der Waals surface area contributed by atoms with Crippen molar-refractivity contribution in [2.75, 3.05) is 0 Å². The van der Waals surface area contributed by atoms with E-state index in [4.69, 9.17) is 17.3 Å². The van der Waals surface area contributed by atoms with E-state index in [9.17, 15) is 0 Å². The molecule has 1 aliphatic rings. The maximum atomic E-state index is 6.12. The number of aromatic amines is 1. The second-order valence-corrected chi connectivity index (χ2v) is 4.46. The first-order valence-corrected chi connectivity index (χ1v) is 5.13. The standard InChI is InChI=1S/C11H11ClN2/c12-9-6-14-10-2-1-7(5-8(9)10)11(13)3-4-11/h1-2,5-6,14H,3-4,13H2. The van der Waals surface area contributed by atoms with Crippen LogP contribution in [0.4, 0.5) is 0 Å². The molecule has 1 aromatic heterocycles. The molecule has 0 atom stereocenters. The summed E-state index contributed by atoms with van der Waals surface area (Å²) in [5.74, 6) is 0. The number of hydrogen-bond donors (Lipinski definition) is 2. The first-order chi connectivity index (χ1) is 6.69. The summed E-state index contributed by atoms with van der Waals surface area (Å²) in [7, 11) is 0. The molecule has 1 aromatic carbocycles. The van der Waals surface area contributed by atoms with E-state index < -0.39 is 0 Å². The highest BCUT2D eigenvalue weighted by molar-refractivity contribution is 6.35. The molecule has 0 saturated heterocycles. The van der Waals surface area contributed by atoms with Crippen LogP contribution >= 0.6 is 11.6 Å². The van der Waals surface area contributed by atoms with E-state index in [1.165, 1.54) is 5.56 Å². The zero-order valence-electron chi connectivity index (χ0n) is 7.68. The molecule has 0 radical (unpaired) electrons. The molecule has 3 rings (SSSR count). The molecule has 0 bridgehead atoms. The number of hydrogen-bond acceptors (Lipinski definition) is 1.